The Morgan fingerprint density at radius 3 is 2.50 bits per heavy atom. The fourth-order valence-electron chi connectivity index (χ4n) is 5.70. The normalized spacial score (nSPS) is 14.4. The molecule has 1 aliphatic carbocycles. The highest BCUT2D eigenvalue weighted by molar-refractivity contribution is 5.90. The summed E-state index contributed by atoms with van der Waals surface area (Å²) in [5.41, 5.74) is 6.59. The van der Waals surface area contributed by atoms with E-state index in [-0.39, 0.29) is 0 Å². The average molecular weight is 531 g/mol. The zero-order valence-electron chi connectivity index (χ0n) is 21.8. The molecule has 5 aromatic rings. The number of fused-ring (bicyclic) bond motifs is 5. The molecule has 0 spiro atoms. The Morgan fingerprint density at radius 2 is 1.80 bits per heavy atom. The summed E-state index contributed by atoms with van der Waals surface area (Å²) < 4.78 is 7.44. The minimum atomic E-state index is -1.01. The third-order valence-corrected chi connectivity index (χ3v) is 7.81. The predicted molar refractivity (Wildman–Crippen MR) is 152 cm³/mol. The number of carboxylic acid groups (broad SMARTS) is 1. The molecular weight excluding hydrogens is 504 g/mol. The average Bonchev–Trinajstić information content (AvgIpc) is 3.29. The molecule has 1 fully saturated rings. The van der Waals surface area contributed by atoms with Gasteiger partial charge in [-0.2, -0.15) is 0 Å². The molecule has 0 unspecified atom stereocenters. The van der Waals surface area contributed by atoms with Gasteiger partial charge in [-0.05, 0) is 55.2 Å². The number of rotatable bonds is 5. The molecule has 3 aromatic heterocycles. The highest BCUT2D eigenvalue weighted by atomic mass is 16.5. The number of anilines is 2. The fraction of sp³-hybridized carbons (Fsp3) is 0.161. The number of benzene rings is 2. The number of nitrogens with one attached hydrogen (secondary N) is 2. The number of nitrogens with zero attached hydrogens (tertiary/aromatic N) is 4. The summed E-state index contributed by atoms with van der Waals surface area (Å²) in [5, 5.41) is 15.7. The second kappa shape index (κ2) is 9.23. The van der Waals surface area contributed by atoms with Crippen molar-refractivity contribution in [3.05, 3.63) is 90.8 Å². The molecule has 0 radical (unpaired) electrons. The molecule has 0 bridgehead atoms. The van der Waals surface area contributed by atoms with Crippen molar-refractivity contribution in [2.45, 2.75) is 24.8 Å². The number of amides is 1. The summed E-state index contributed by atoms with van der Waals surface area (Å²) in [6.45, 7) is 0. The number of aromatic nitrogens is 4. The van der Waals surface area contributed by atoms with E-state index in [1.807, 2.05) is 72.8 Å². The van der Waals surface area contributed by atoms with Gasteiger partial charge in [-0.3, -0.25) is 4.57 Å². The van der Waals surface area contributed by atoms with Crippen LogP contribution in [0.5, 0.6) is 5.88 Å². The maximum atomic E-state index is 11.5. The van der Waals surface area contributed by atoms with Gasteiger partial charge in [0.1, 0.15) is 5.82 Å². The molecule has 3 N–H and O–H groups in total. The first-order valence-electron chi connectivity index (χ1n) is 13.1. The van der Waals surface area contributed by atoms with Gasteiger partial charge < -0.3 is 20.5 Å². The lowest BCUT2D eigenvalue weighted by Gasteiger charge is -2.42. The van der Waals surface area contributed by atoms with Crippen molar-refractivity contribution in [2.24, 2.45) is 0 Å². The van der Waals surface area contributed by atoms with Crippen LogP contribution in [0.1, 0.15) is 24.8 Å². The molecule has 1 saturated carbocycles. The summed E-state index contributed by atoms with van der Waals surface area (Å²) in [4.78, 5) is 25.9. The van der Waals surface area contributed by atoms with Crippen LogP contribution in [-0.4, -0.2) is 37.8 Å². The minimum Gasteiger partial charge on any atom is -0.481 e. The molecule has 1 amide bonds. The van der Waals surface area contributed by atoms with E-state index in [4.69, 9.17) is 9.72 Å². The van der Waals surface area contributed by atoms with Gasteiger partial charge in [0.15, 0.2) is 5.82 Å². The summed E-state index contributed by atoms with van der Waals surface area (Å²) in [5.74, 6) is 2.03. The van der Waals surface area contributed by atoms with Gasteiger partial charge in [0, 0.05) is 35.2 Å². The van der Waals surface area contributed by atoms with Gasteiger partial charge >= 0.3 is 6.09 Å². The third kappa shape index (κ3) is 3.78. The first-order valence-corrected chi connectivity index (χ1v) is 13.1. The quantitative estimate of drug-likeness (QED) is 0.237. The second-order valence-electron chi connectivity index (χ2n) is 10.0. The lowest BCUT2D eigenvalue weighted by Crippen LogP contribution is -2.50. The Kier molecular flexibility index (Phi) is 5.52. The number of methoxy groups -OCH3 is 1. The summed E-state index contributed by atoms with van der Waals surface area (Å²) >= 11 is 0. The Bertz CT molecular complexity index is 1740. The molecule has 2 aromatic carbocycles. The number of hydrogen-bond acceptors (Lipinski definition) is 6. The molecular formula is C31H26N6O3. The monoisotopic (exact) mass is 530 g/mol. The maximum absolute atomic E-state index is 11.5. The van der Waals surface area contributed by atoms with E-state index in [0.717, 1.165) is 75.9 Å². The van der Waals surface area contributed by atoms with Crippen LogP contribution >= 0.6 is 0 Å². The Labute approximate surface area is 230 Å². The highest BCUT2D eigenvalue weighted by Crippen LogP contribution is 2.46. The van der Waals surface area contributed by atoms with Crippen molar-refractivity contribution in [3.63, 3.8) is 0 Å². The van der Waals surface area contributed by atoms with Crippen molar-refractivity contribution >= 4 is 17.6 Å². The number of ether oxygens (including phenoxy) is 1. The van der Waals surface area contributed by atoms with Gasteiger partial charge in [-0.1, -0.05) is 36.4 Å². The van der Waals surface area contributed by atoms with Crippen LogP contribution in [0.25, 0.3) is 39.6 Å². The summed E-state index contributed by atoms with van der Waals surface area (Å²) in [7, 11) is 1.59. The molecule has 9 nitrogen and oxygen atoms in total. The van der Waals surface area contributed by atoms with E-state index < -0.39 is 11.6 Å². The van der Waals surface area contributed by atoms with Crippen LogP contribution in [0.2, 0.25) is 0 Å². The van der Waals surface area contributed by atoms with Crippen LogP contribution in [0.15, 0.2) is 85.2 Å². The smallest absolute Gasteiger partial charge is 0.405 e. The van der Waals surface area contributed by atoms with Gasteiger partial charge in [0.25, 0.3) is 0 Å². The SMILES string of the molecule is COc1ccc(-c2nc3n(c2-c2ccc(C4(NC(=O)O)CCC4)cc2)-c2cccnc2Nc2ccccc2-3)cn1. The van der Waals surface area contributed by atoms with Crippen molar-refractivity contribution in [2.75, 3.05) is 12.4 Å². The van der Waals surface area contributed by atoms with Gasteiger partial charge in [-0.25, -0.2) is 19.7 Å². The van der Waals surface area contributed by atoms with E-state index in [1.165, 1.54) is 0 Å². The second-order valence-corrected chi connectivity index (χ2v) is 10.0. The first-order chi connectivity index (χ1) is 19.6. The predicted octanol–water partition coefficient (Wildman–Crippen LogP) is 6.38. The van der Waals surface area contributed by atoms with E-state index >= 15 is 0 Å². The molecule has 1 aliphatic heterocycles. The Morgan fingerprint density at radius 1 is 1.00 bits per heavy atom. The van der Waals surface area contributed by atoms with E-state index in [0.29, 0.717) is 5.88 Å². The lowest BCUT2D eigenvalue weighted by atomic mass is 9.71. The van der Waals surface area contributed by atoms with Gasteiger partial charge in [0.2, 0.25) is 5.88 Å². The first kappa shape index (κ1) is 23.9. The fourth-order valence-corrected chi connectivity index (χ4v) is 5.70. The largest absolute Gasteiger partial charge is 0.481 e. The molecule has 198 valence electrons. The van der Waals surface area contributed by atoms with Crippen molar-refractivity contribution < 1.29 is 14.6 Å². The van der Waals surface area contributed by atoms with Crippen molar-refractivity contribution in [1.82, 2.24) is 24.8 Å². The Balaban J connectivity index is 1.47. The van der Waals surface area contributed by atoms with Gasteiger partial charge in [0.05, 0.1) is 35.4 Å². The third-order valence-electron chi connectivity index (χ3n) is 7.81. The molecule has 9 heteroatoms. The maximum Gasteiger partial charge on any atom is 0.405 e. The van der Waals surface area contributed by atoms with E-state index in [2.05, 4.69) is 25.2 Å². The van der Waals surface area contributed by atoms with Crippen LogP contribution in [0.4, 0.5) is 16.3 Å². The number of para-hydroxylation sites is 1. The number of pyridine rings is 2. The molecule has 7 rings (SSSR count). The van der Waals surface area contributed by atoms with Crippen molar-refractivity contribution in [1.29, 1.82) is 0 Å². The molecule has 2 aliphatic rings. The zero-order valence-corrected chi connectivity index (χ0v) is 21.8. The number of hydrogen-bond donors (Lipinski definition) is 3. The van der Waals surface area contributed by atoms with Crippen LogP contribution < -0.4 is 15.4 Å². The molecule has 40 heavy (non-hydrogen) atoms. The molecule has 4 heterocycles. The van der Waals surface area contributed by atoms with Crippen LogP contribution in [0, 0.1) is 0 Å². The van der Waals surface area contributed by atoms with E-state index in [1.54, 1.807) is 19.5 Å². The van der Waals surface area contributed by atoms with Crippen molar-refractivity contribution in [3.8, 4) is 45.5 Å². The molecule has 0 atom stereocenters. The van der Waals surface area contributed by atoms with E-state index in [9.17, 15) is 9.90 Å². The van der Waals surface area contributed by atoms with Gasteiger partial charge in [-0.15, -0.1) is 0 Å². The topological polar surface area (TPSA) is 114 Å². The standard InChI is InChI=1S/C31H26N6O3/c1-40-25-14-11-20(18-33-25)26-27(19-9-12-21(13-10-19)31(15-5-16-31)36-30(38)39)37-24-8-4-17-32-28(24)34-23-7-3-2-6-22(23)29(37)35-26/h2-4,6-14,17-18,36H,5,15-16H2,1H3,(H,32,34)(H,38,39). The summed E-state index contributed by atoms with van der Waals surface area (Å²) in [6.07, 6.45) is 5.09. The Hall–Kier alpha value is -5.18. The van der Waals surface area contributed by atoms with Crippen LogP contribution in [-0.2, 0) is 5.54 Å². The zero-order chi connectivity index (χ0) is 27.3. The highest BCUT2D eigenvalue weighted by Gasteiger charge is 2.40. The minimum absolute atomic E-state index is 0.524. The summed E-state index contributed by atoms with van der Waals surface area (Å²) in [6, 6.07) is 23.9. The molecule has 0 saturated heterocycles. The van der Waals surface area contributed by atoms with Crippen LogP contribution in [0.3, 0.4) is 0 Å². The number of imidazole rings is 1. The lowest BCUT2D eigenvalue weighted by molar-refractivity contribution is 0.144. The number of carbonyl (C=O) groups is 1.